The Morgan fingerprint density at radius 1 is 1.00 bits per heavy atom. The molecular formula is C19H23ClN2OS. The summed E-state index contributed by atoms with van der Waals surface area (Å²) in [5, 5.41) is 0. The first-order valence-corrected chi connectivity index (χ1v) is 8.93. The summed E-state index contributed by atoms with van der Waals surface area (Å²) in [6.07, 6.45) is 0. The third kappa shape index (κ3) is 3.32. The summed E-state index contributed by atoms with van der Waals surface area (Å²) in [6, 6.07) is 16.1. The molecule has 0 aliphatic carbocycles. The number of hydrogen-bond donors (Lipinski definition) is 0. The van der Waals surface area contributed by atoms with Gasteiger partial charge in [0.15, 0.2) is 0 Å². The fraction of sp³-hybridized carbons (Fsp3) is 0.316. The number of amides is 1. The lowest BCUT2D eigenvalue weighted by Gasteiger charge is -2.35. The van der Waals surface area contributed by atoms with E-state index in [1.807, 2.05) is 48.2 Å². The monoisotopic (exact) mass is 362 g/mol. The molecule has 24 heavy (non-hydrogen) atoms. The third-order valence-electron chi connectivity index (χ3n) is 4.37. The minimum absolute atomic E-state index is 0. The second-order valence-corrected chi connectivity index (χ2v) is 6.69. The average molecular weight is 363 g/mol. The van der Waals surface area contributed by atoms with Gasteiger partial charge in [0.1, 0.15) is 0 Å². The van der Waals surface area contributed by atoms with Crippen molar-refractivity contribution in [2.24, 2.45) is 0 Å². The molecule has 1 aliphatic rings. The minimum atomic E-state index is -0.144. The molecule has 2 aromatic rings. The zero-order chi connectivity index (χ0) is 16.4. The van der Waals surface area contributed by atoms with Crippen LogP contribution in [0, 0.1) is 0 Å². The molecule has 0 N–H and O–H groups in total. The Morgan fingerprint density at radius 2 is 1.46 bits per heavy atom. The van der Waals surface area contributed by atoms with Crippen LogP contribution in [0.15, 0.2) is 58.3 Å². The number of carbonyl (C=O) groups is 1. The van der Waals surface area contributed by atoms with Crippen molar-refractivity contribution in [2.75, 3.05) is 18.0 Å². The molecule has 1 atom stereocenters. The minimum Gasteiger partial charge on any atom is -0.293 e. The molecule has 1 aliphatic heterocycles. The highest BCUT2D eigenvalue weighted by Gasteiger charge is 2.32. The van der Waals surface area contributed by atoms with Crippen LogP contribution in [0.3, 0.4) is 0 Å². The van der Waals surface area contributed by atoms with Gasteiger partial charge in [-0.1, -0.05) is 49.9 Å². The molecule has 0 fully saturated rings. The van der Waals surface area contributed by atoms with Crippen molar-refractivity contribution in [1.29, 1.82) is 0 Å². The van der Waals surface area contributed by atoms with Crippen molar-refractivity contribution < 1.29 is 4.79 Å². The zero-order valence-corrected chi connectivity index (χ0v) is 15.9. The number of hydrogen-bond acceptors (Lipinski definition) is 3. The number of para-hydroxylation sites is 2. The molecule has 1 amide bonds. The number of fused-ring (bicyclic) bond motifs is 2. The molecule has 0 bridgehead atoms. The smallest absolute Gasteiger partial charge is 0.248 e. The van der Waals surface area contributed by atoms with E-state index >= 15 is 0 Å². The Morgan fingerprint density at radius 3 is 1.92 bits per heavy atom. The number of rotatable bonds is 4. The second-order valence-electron chi connectivity index (χ2n) is 5.61. The van der Waals surface area contributed by atoms with Crippen molar-refractivity contribution in [1.82, 2.24) is 4.90 Å². The van der Waals surface area contributed by atoms with Crippen LogP contribution in [0.1, 0.15) is 20.8 Å². The molecule has 0 radical (unpaired) electrons. The van der Waals surface area contributed by atoms with Gasteiger partial charge >= 0.3 is 0 Å². The van der Waals surface area contributed by atoms with Gasteiger partial charge in [0.2, 0.25) is 5.91 Å². The van der Waals surface area contributed by atoms with Crippen LogP contribution in [0.2, 0.25) is 0 Å². The molecule has 0 saturated heterocycles. The SMILES string of the molecule is CCN(CC)C(C)C(=O)N1c2ccccc2Sc2ccccc21.Cl. The third-order valence-corrected chi connectivity index (χ3v) is 5.50. The number of likely N-dealkylation sites (N-methyl/N-ethyl adjacent to an activating group) is 1. The topological polar surface area (TPSA) is 23.6 Å². The van der Waals surface area contributed by atoms with Crippen LogP contribution in [0.5, 0.6) is 0 Å². The van der Waals surface area contributed by atoms with Gasteiger partial charge in [-0.25, -0.2) is 0 Å². The lowest BCUT2D eigenvalue weighted by Crippen LogP contribution is -2.46. The number of nitrogens with zero attached hydrogens (tertiary/aromatic N) is 2. The molecule has 0 spiro atoms. The van der Waals surface area contributed by atoms with Crippen LogP contribution in [0.25, 0.3) is 0 Å². The molecular weight excluding hydrogens is 340 g/mol. The van der Waals surface area contributed by atoms with Gasteiger partial charge in [-0.2, -0.15) is 0 Å². The predicted molar refractivity (Wildman–Crippen MR) is 104 cm³/mol. The van der Waals surface area contributed by atoms with Crippen molar-refractivity contribution in [3.05, 3.63) is 48.5 Å². The van der Waals surface area contributed by atoms with E-state index in [-0.39, 0.29) is 24.4 Å². The molecule has 0 saturated carbocycles. The van der Waals surface area contributed by atoms with Gasteiger partial charge in [0.05, 0.1) is 17.4 Å². The standard InChI is InChI=1S/C19H22N2OS.ClH/c1-4-20(5-2)14(3)19(22)21-15-10-6-8-12-17(15)23-18-13-9-7-11-16(18)21;/h6-14H,4-5H2,1-3H3;1H. The van der Waals surface area contributed by atoms with E-state index in [2.05, 4.69) is 30.9 Å². The molecule has 3 rings (SSSR count). The maximum Gasteiger partial charge on any atom is 0.248 e. The number of carbonyl (C=O) groups excluding carboxylic acids is 1. The van der Waals surface area contributed by atoms with Gasteiger partial charge in [-0.15, -0.1) is 12.4 Å². The first-order valence-electron chi connectivity index (χ1n) is 8.11. The highest BCUT2D eigenvalue weighted by atomic mass is 35.5. The number of halogens is 1. The van der Waals surface area contributed by atoms with Crippen LogP contribution in [0.4, 0.5) is 11.4 Å². The van der Waals surface area contributed by atoms with Crippen LogP contribution in [-0.2, 0) is 4.79 Å². The second kappa shape index (κ2) is 8.06. The van der Waals surface area contributed by atoms with E-state index in [1.165, 1.54) is 0 Å². The van der Waals surface area contributed by atoms with Crippen LogP contribution in [-0.4, -0.2) is 29.9 Å². The average Bonchev–Trinajstić information content (AvgIpc) is 2.60. The molecule has 5 heteroatoms. The highest BCUT2D eigenvalue weighted by molar-refractivity contribution is 7.99. The fourth-order valence-corrected chi connectivity index (χ4v) is 4.11. The lowest BCUT2D eigenvalue weighted by atomic mass is 10.1. The van der Waals surface area contributed by atoms with Gasteiger partial charge in [0.25, 0.3) is 0 Å². The van der Waals surface area contributed by atoms with Gasteiger partial charge in [0, 0.05) is 9.79 Å². The summed E-state index contributed by atoms with van der Waals surface area (Å²) in [5.41, 5.74) is 1.97. The van der Waals surface area contributed by atoms with E-state index in [0.29, 0.717) is 0 Å². The van der Waals surface area contributed by atoms with Crippen LogP contribution >= 0.6 is 24.2 Å². The summed E-state index contributed by atoms with van der Waals surface area (Å²) in [5.74, 6) is 0.133. The van der Waals surface area contributed by atoms with Crippen molar-refractivity contribution in [3.63, 3.8) is 0 Å². The highest BCUT2D eigenvalue weighted by Crippen LogP contribution is 2.48. The van der Waals surface area contributed by atoms with E-state index in [0.717, 1.165) is 34.3 Å². The van der Waals surface area contributed by atoms with E-state index < -0.39 is 0 Å². The van der Waals surface area contributed by atoms with Gasteiger partial charge in [-0.05, 0) is 44.3 Å². The number of benzene rings is 2. The number of anilines is 2. The molecule has 3 nitrogen and oxygen atoms in total. The first-order chi connectivity index (χ1) is 11.2. The Labute approximate surface area is 154 Å². The van der Waals surface area contributed by atoms with Crippen molar-refractivity contribution >= 4 is 41.5 Å². The normalized spacial score (nSPS) is 13.8. The summed E-state index contributed by atoms with van der Waals surface area (Å²) < 4.78 is 0. The molecule has 1 heterocycles. The van der Waals surface area contributed by atoms with E-state index in [1.54, 1.807) is 11.8 Å². The summed E-state index contributed by atoms with van der Waals surface area (Å²) in [7, 11) is 0. The van der Waals surface area contributed by atoms with Crippen molar-refractivity contribution in [2.45, 2.75) is 36.6 Å². The molecule has 2 aromatic carbocycles. The lowest BCUT2D eigenvalue weighted by molar-refractivity contribution is -0.122. The molecule has 128 valence electrons. The molecule has 0 aromatic heterocycles. The maximum atomic E-state index is 13.3. The Bertz CT molecular complexity index is 673. The molecule has 1 unspecified atom stereocenters. The Kier molecular flexibility index (Phi) is 6.33. The summed E-state index contributed by atoms with van der Waals surface area (Å²) in [4.78, 5) is 19.6. The fourth-order valence-electron chi connectivity index (χ4n) is 3.06. The summed E-state index contributed by atoms with van der Waals surface area (Å²) >= 11 is 1.73. The largest absolute Gasteiger partial charge is 0.293 e. The Balaban J connectivity index is 0.00000208. The summed E-state index contributed by atoms with van der Waals surface area (Å²) in [6.45, 7) is 7.94. The van der Waals surface area contributed by atoms with Gasteiger partial charge < -0.3 is 0 Å². The Hall–Kier alpha value is -1.49. The zero-order valence-electron chi connectivity index (χ0n) is 14.2. The van der Waals surface area contributed by atoms with Crippen LogP contribution < -0.4 is 4.90 Å². The van der Waals surface area contributed by atoms with Crippen molar-refractivity contribution in [3.8, 4) is 0 Å². The van der Waals surface area contributed by atoms with E-state index in [9.17, 15) is 4.79 Å². The van der Waals surface area contributed by atoms with Gasteiger partial charge in [-0.3, -0.25) is 14.6 Å². The first kappa shape index (κ1) is 18.8. The van der Waals surface area contributed by atoms with E-state index in [4.69, 9.17) is 0 Å². The maximum absolute atomic E-state index is 13.3. The quantitative estimate of drug-likeness (QED) is 0.767. The predicted octanol–water partition coefficient (Wildman–Crippen LogP) is 4.97.